The lowest BCUT2D eigenvalue weighted by Gasteiger charge is -2.38. The van der Waals surface area contributed by atoms with E-state index in [1.54, 1.807) is 23.4 Å². The van der Waals surface area contributed by atoms with E-state index in [0.717, 1.165) is 16.9 Å². The van der Waals surface area contributed by atoms with E-state index >= 15 is 0 Å². The monoisotopic (exact) mass is 399 g/mol. The van der Waals surface area contributed by atoms with E-state index in [0.29, 0.717) is 30.5 Å². The maximum absolute atomic E-state index is 14.2. The molecule has 1 saturated heterocycles. The lowest BCUT2D eigenvalue weighted by molar-refractivity contribution is -0.0332. The van der Waals surface area contributed by atoms with Gasteiger partial charge in [-0.15, -0.1) is 0 Å². The molecule has 0 radical (unpaired) electrons. The van der Waals surface area contributed by atoms with Crippen LogP contribution in [0.2, 0.25) is 0 Å². The van der Waals surface area contributed by atoms with Gasteiger partial charge in [-0.2, -0.15) is 4.98 Å². The second kappa shape index (κ2) is 7.22. The van der Waals surface area contributed by atoms with Crippen LogP contribution in [0.15, 0.2) is 24.5 Å². The van der Waals surface area contributed by atoms with Gasteiger partial charge in [0.1, 0.15) is 29.1 Å². The maximum atomic E-state index is 14.2. The van der Waals surface area contributed by atoms with Crippen LogP contribution in [0.25, 0.3) is 11.0 Å². The van der Waals surface area contributed by atoms with Gasteiger partial charge in [0, 0.05) is 24.8 Å². The summed E-state index contributed by atoms with van der Waals surface area (Å²) in [5.74, 6) is 2.59. The van der Waals surface area contributed by atoms with Crippen molar-refractivity contribution >= 4 is 28.6 Å². The fourth-order valence-electron chi connectivity index (χ4n) is 3.72. The van der Waals surface area contributed by atoms with E-state index in [-0.39, 0.29) is 12.6 Å². The van der Waals surface area contributed by atoms with Crippen molar-refractivity contribution in [2.45, 2.75) is 51.9 Å². The predicted molar refractivity (Wildman–Crippen MR) is 110 cm³/mol. The number of anilines is 3. The number of aromatic nitrogens is 5. The molecule has 2 N–H and O–H groups in total. The van der Waals surface area contributed by atoms with Crippen molar-refractivity contribution in [2.75, 3.05) is 23.3 Å². The van der Waals surface area contributed by atoms with E-state index in [2.05, 4.69) is 43.7 Å². The SMILES string of the molecule is Cc1nc2cnc(Nc3ccnc(N4CC[C@](C)(O)[C@H](F)C4)n3)cc2n1C(C)C. The maximum Gasteiger partial charge on any atom is 0.227 e. The molecule has 3 aromatic rings. The van der Waals surface area contributed by atoms with Crippen LogP contribution in [0.3, 0.4) is 0 Å². The summed E-state index contributed by atoms with van der Waals surface area (Å²) in [7, 11) is 0. The van der Waals surface area contributed by atoms with Gasteiger partial charge in [-0.25, -0.2) is 19.3 Å². The summed E-state index contributed by atoms with van der Waals surface area (Å²) in [5, 5.41) is 13.2. The van der Waals surface area contributed by atoms with Crippen molar-refractivity contribution in [3.8, 4) is 0 Å². The molecule has 3 aromatic heterocycles. The minimum absolute atomic E-state index is 0.0630. The van der Waals surface area contributed by atoms with Crippen LogP contribution >= 0.6 is 0 Å². The lowest BCUT2D eigenvalue weighted by Crippen LogP contribution is -2.52. The van der Waals surface area contributed by atoms with Gasteiger partial charge < -0.3 is 19.9 Å². The van der Waals surface area contributed by atoms with Crippen LogP contribution < -0.4 is 10.2 Å². The molecule has 0 spiro atoms. The van der Waals surface area contributed by atoms with Gasteiger partial charge in [0.2, 0.25) is 5.95 Å². The number of alkyl halides is 1. The highest BCUT2D eigenvalue weighted by Crippen LogP contribution is 2.28. The largest absolute Gasteiger partial charge is 0.387 e. The van der Waals surface area contributed by atoms with Crippen molar-refractivity contribution in [3.63, 3.8) is 0 Å². The van der Waals surface area contributed by atoms with Gasteiger partial charge in [0.25, 0.3) is 0 Å². The Kier molecular flexibility index (Phi) is 4.85. The van der Waals surface area contributed by atoms with E-state index in [9.17, 15) is 9.50 Å². The Balaban J connectivity index is 1.58. The van der Waals surface area contributed by atoms with Crippen LogP contribution in [0.5, 0.6) is 0 Å². The topological polar surface area (TPSA) is 92.0 Å². The third-order valence-corrected chi connectivity index (χ3v) is 5.39. The highest BCUT2D eigenvalue weighted by Gasteiger charge is 2.38. The number of pyridine rings is 1. The van der Waals surface area contributed by atoms with Crippen molar-refractivity contribution < 1.29 is 9.50 Å². The Morgan fingerprint density at radius 2 is 2.07 bits per heavy atom. The number of piperidine rings is 1. The van der Waals surface area contributed by atoms with E-state index in [1.165, 1.54) is 6.92 Å². The Hall–Kier alpha value is -2.81. The zero-order valence-corrected chi connectivity index (χ0v) is 17.1. The van der Waals surface area contributed by atoms with Gasteiger partial charge >= 0.3 is 0 Å². The average Bonchev–Trinajstić information content (AvgIpc) is 2.99. The zero-order chi connectivity index (χ0) is 20.8. The third-order valence-electron chi connectivity index (χ3n) is 5.39. The molecule has 1 aliphatic rings. The van der Waals surface area contributed by atoms with Crippen LogP contribution in [-0.2, 0) is 0 Å². The molecular formula is C20H26FN7O. The fourth-order valence-corrected chi connectivity index (χ4v) is 3.72. The summed E-state index contributed by atoms with van der Waals surface area (Å²) >= 11 is 0. The van der Waals surface area contributed by atoms with E-state index in [1.807, 2.05) is 13.0 Å². The summed E-state index contributed by atoms with van der Waals surface area (Å²) in [4.78, 5) is 19.5. The van der Waals surface area contributed by atoms with Crippen LogP contribution in [-0.4, -0.2) is 54.5 Å². The highest BCUT2D eigenvalue weighted by molar-refractivity contribution is 5.79. The Labute approximate surface area is 168 Å². The number of nitrogens with zero attached hydrogens (tertiary/aromatic N) is 6. The molecule has 2 atom stereocenters. The summed E-state index contributed by atoms with van der Waals surface area (Å²) in [6, 6.07) is 3.98. The Morgan fingerprint density at radius 1 is 1.28 bits per heavy atom. The smallest absolute Gasteiger partial charge is 0.227 e. The first-order valence-electron chi connectivity index (χ1n) is 9.80. The van der Waals surface area contributed by atoms with Crippen LogP contribution in [0.4, 0.5) is 22.0 Å². The standard InChI is InChI=1S/C20H26FN7O/c1-12(2)28-13(3)24-14-10-23-18(9-15(14)28)25-17-5-7-22-19(26-17)27-8-6-20(4,29)16(21)11-27/h5,7,9-10,12,16,29H,6,8,11H2,1-4H3,(H,22,23,25,26)/t16-,20+/m1/s1. The van der Waals surface area contributed by atoms with E-state index < -0.39 is 11.8 Å². The normalized spacial score (nSPS) is 22.4. The second-order valence-electron chi connectivity index (χ2n) is 8.07. The first kappa shape index (κ1) is 19.5. The molecule has 0 aliphatic carbocycles. The summed E-state index contributed by atoms with van der Waals surface area (Å²) in [6.07, 6.45) is 2.35. The van der Waals surface area contributed by atoms with E-state index in [4.69, 9.17) is 0 Å². The summed E-state index contributed by atoms with van der Waals surface area (Å²) in [5.41, 5.74) is 0.547. The third kappa shape index (κ3) is 3.74. The Bertz CT molecular complexity index is 1030. The van der Waals surface area contributed by atoms with Gasteiger partial charge in [-0.3, -0.25) is 0 Å². The van der Waals surface area contributed by atoms with Crippen LogP contribution in [0, 0.1) is 6.92 Å². The molecular weight excluding hydrogens is 373 g/mol. The molecule has 4 heterocycles. The number of rotatable bonds is 4. The molecule has 0 amide bonds. The lowest BCUT2D eigenvalue weighted by atomic mass is 9.92. The van der Waals surface area contributed by atoms with Crippen molar-refractivity contribution in [1.29, 1.82) is 0 Å². The number of halogens is 1. The number of aliphatic hydroxyl groups is 1. The molecule has 29 heavy (non-hydrogen) atoms. The number of aryl methyl sites for hydroxylation is 1. The minimum Gasteiger partial charge on any atom is -0.387 e. The minimum atomic E-state index is -1.35. The number of imidazole rings is 1. The molecule has 9 heteroatoms. The Morgan fingerprint density at radius 3 is 2.79 bits per heavy atom. The highest BCUT2D eigenvalue weighted by atomic mass is 19.1. The molecule has 8 nitrogen and oxygen atoms in total. The average molecular weight is 399 g/mol. The molecule has 154 valence electrons. The molecule has 1 fully saturated rings. The molecule has 4 rings (SSSR count). The first-order chi connectivity index (χ1) is 13.7. The summed E-state index contributed by atoms with van der Waals surface area (Å²) in [6.45, 7) is 8.30. The molecule has 0 unspecified atom stereocenters. The molecule has 0 saturated carbocycles. The van der Waals surface area contributed by atoms with Gasteiger partial charge in [0.15, 0.2) is 0 Å². The zero-order valence-electron chi connectivity index (χ0n) is 17.1. The molecule has 0 bridgehead atoms. The van der Waals surface area contributed by atoms with Gasteiger partial charge in [-0.1, -0.05) is 0 Å². The fraction of sp³-hybridized carbons (Fsp3) is 0.500. The molecule has 0 aromatic carbocycles. The van der Waals surface area contributed by atoms with Crippen molar-refractivity contribution in [3.05, 3.63) is 30.4 Å². The molecule has 1 aliphatic heterocycles. The van der Waals surface area contributed by atoms with Gasteiger partial charge in [-0.05, 0) is 40.2 Å². The van der Waals surface area contributed by atoms with Crippen molar-refractivity contribution in [2.24, 2.45) is 0 Å². The van der Waals surface area contributed by atoms with Crippen LogP contribution in [0.1, 0.15) is 39.1 Å². The predicted octanol–water partition coefficient (Wildman–Crippen LogP) is 3.15. The number of fused-ring (bicyclic) bond motifs is 1. The summed E-state index contributed by atoms with van der Waals surface area (Å²) < 4.78 is 16.4. The first-order valence-corrected chi connectivity index (χ1v) is 9.80. The van der Waals surface area contributed by atoms with Gasteiger partial charge in [0.05, 0.1) is 23.9 Å². The number of hydrogen-bond acceptors (Lipinski definition) is 7. The second-order valence-corrected chi connectivity index (χ2v) is 8.07. The quantitative estimate of drug-likeness (QED) is 0.696. The number of hydrogen-bond donors (Lipinski definition) is 2. The number of nitrogens with one attached hydrogen (secondary N) is 1. The van der Waals surface area contributed by atoms with Crippen molar-refractivity contribution in [1.82, 2.24) is 24.5 Å².